The molecule has 2 saturated heterocycles. The van der Waals surface area contributed by atoms with Crippen LogP contribution in [0.5, 0.6) is 0 Å². The molecule has 4 rings (SSSR count). The van der Waals surface area contributed by atoms with Crippen LogP contribution in [0.3, 0.4) is 0 Å². The number of carbonyl (C=O) groups is 1. The SMILES string of the molecule is Cc1ccc(S(=O)(=O)N2CCC[C@@H](NC(=O)N3CCN(c4ccccc4)CC3)C2)cc1. The summed E-state index contributed by atoms with van der Waals surface area (Å²) in [7, 11) is -3.55. The summed E-state index contributed by atoms with van der Waals surface area (Å²) in [6, 6.07) is 16.9. The Morgan fingerprint density at radius 3 is 2.29 bits per heavy atom. The lowest BCUT2D eigenvalue weighted by atomic mass is 10.1. The number of rotatable bonds is 4. The van der Waals surface area contributed by atoms with Gasteiger partial charge in [0.25, 0.3) is 0 Å². The zero-order valence-corrected chi connectivity index (χ0v) is 18.7. The van der Waals surface area contributed by atoms with E-state index in [1.54, 1.807) is 12.1 Å². The van der Waals surface area contributed by atoms with Crippen molar-refractivity contribution in [3.8, 4) is 0 Å². The highest BCUT2D eigenvalue weighted by Crippen LogP contribution is 2.22. The fourth-order valence-electron chi connectivity index (χ4n) is 4.21. The van der Waals surface area contributed by atoms with E-state index in [0.717, 1.165) is 31.5 Å². The fourth-order valence-corrected chi connectivity index (χ4v) is 5.73. The maximum absolute atomic E-state index is 13.0. The van der Waals surface area contributed by atoms with Gasteiger partial charge in [0, 0.05) is 51.0 Å². The van der Waals surface area contributed by atoms with E-state index in [1.165, 1.54) is 9.99 Å². The summed E-state index contributed by atoms with van der Waals surface area (Å²) in [6.45, 7) is 5.61. The van der Waals surface area contributed by atoms with Crippen LogP contribution in [-0.2, 0) is 10.0 Å². The van der Waals surface area contributed by atoms with Crippen molar-refractivity contribution in [2.75, 3.05) is 44.2 Å². The molecule has 0 bridgehead atoms. The van der Waals surface area contributed by atoms with Crippen molar-refractivity contribution in [3.05, 3.63) is 60.2 Å². The number of piperidine rings is 1. The second kappa shape index (κ2) is 9.28. The molecule has 2 fully saturated rings. The van der Waals surface area contributed by atoms with Gasteiger partial charge in [-0.15, -0.1) is 0 Å². The van der Waals surface area contributed by atoms with Crippen molar-refractivity contribution in [2.45, 2.75) is 30.7 Å². The number of nitrogens with one attached hydrogen (secondary N) is 1. The molecular formula is C23H30N4O3S. The van der Waals surface area contributed by atoms with Crippen LogP contribution in [0.1, 0.15) is 18.4 Å². The maximum atomic E-state index is 13.0. The van der Waals surface area contributed by atoms with Crippen LogP contribution < -0.4 is 10.2 Å². The Bertz CT molecular complexity index is 987. The number of nitrogens with zero attached hydrogens (tertiary/aromatic N) is 3. The van der Waals surface area contributed by atoms with Crippen LogP contribution in [0.2, 0.25) is 0 Å². The number of hydrogen-bond acceptors (Lipinski definition) is 4. The van der Waals surface area contributed by atoms with Crippen molar-refractivity contribution in [1.29, 1.82) is 0 Å². The summed E-state index contributed by atoms with van der Waals surface area (Å²) >= 11 is 0. The number of benzene rings is 2. The molecule has 0 aliphatic carbocycles. The van der Waals surface area contributed by atoms with Crippen LogP contribution in [0.4, 0.5) is 10.5 Å². The minimum atomic E-state index is -3.55. The first-order valence-electron chi connectivity index (χ1n) is 10.9. The number of amides is 2. The Balaban J connectivity index is 1.32. The summed E-state index contributed by atoms with van der Waals surface area (Å²) in [4.78, 5) is 17.2. The molecule has 0 unspecified atom stereocenters. The molecule has 2 heterocycles. The molecule has 0 saturated carbocycles. The number of para-hydroxylation sites is 1. The Hall–Kier alpha value is -2.58. The van der Waals surface area contributed by atoms with Gasteiger partial charge in [0.15, 0.2) is 0 Å². The maximum Gasteiger partial charge on any atom is 0.317 e. The standard InChI is InChI=1S/C23H30N4O3S/c1-19-9-11-22(12-10-19)31(29,30)27-13-5-6-20(18-27)24-23(28)26-16-14-25(15-17-26)21-7-3-2-4-8-21/h2-4,7-12,20H,5-6,13-18H2,1H3,(H,24,28)/t20-/m1/s1. The zero-order valence-electron chi connectivity index (χ0n) is 17.9. The molecule has 2 aromatic rings. The Morgan fingerprint density at radius 2 is 1.61 bits per heavy atom. The molecule has 8 heteroatoms. The average Bonchev–Trinajstić information content (AvgIpc) is 2.80. The number of carbonyl (C=O) groups excluding carboxylic acids is 1. The summed E-state index contributed by atoms with van der Waals surface area (Å²) in [5.74, 6) is 0. The van der Waals surface area contributed by atoms with Gasteiger partial charge >= 0.3 is 6.03 Å². The second-order valence-electron chi connectivity index (χ2n) is 8.27. The fraction of sp³-hybridized carbons (Fsp3) is 0.435. The summed E-state index contributed by atoms with van der Waals surface area (Å²) in [5, 5.41) is 3.07. The average molecular weight is 443 g/mol. The number of hydrogen-bond donors (Lipinski definition) is 1. The van der Waals surface area contributed by atoms with Crippen molar-refractivity contribution >= 4 is 21.7 Å². The minimum Gasteiger partial charge on any atom is -0.368 e. The summed E-state index contributed by atoms with van der Waals surface area (Å²) in [5.41, 5.74) is 2.20. The Morgan fingerprint density at radius 1 is 0.935 bits per heavy atom. The van der Waals surface area contributed by atoms with E-state index in [-0.39, 0.29) is 12.1 Å². The molecule has 2 amide bonds. The van der Waals surface area contributed by atoms with Crippen LogP contribution in [0.25, 0.3) is 0 Å². The summed E-state index contributed by atoms with van der Waals surface area (Å²) in [6.07, 6.45) is 1.52. The molecule has 0 radical (unpaired) electrons. The topological polar surface area (TPSA) is 73.0 Å². The smallest absolute Gasteiger partial charge is 0.317 e. The van der Waals surface area contributed by atoms with E-state index in [1.807, 2.05) is 42.2 Å². The first-order chi connectivity index (χ1) is 14.9. The minimum absolute atomic E-state index is 0.104. The molecule has 166 valence electrons. The van der Waals surface area contributed by atoms with Crippen molar-refractivity contribution in [3.63, 3.8) is 0 Å². The van der Waals surface area contributed by atoms with E-state index in [9.17, 15) is 13.2 Å². The molecule has 1 N–H and O–H groups in total. The van der Waals surface area contributed by atoms with Crippen molar-refractivity contribution in [1.82, 2.24) is 14.5 Å². The normalized spacial score (nSPS) is 20.5. The molecule has 7 nitrogen and oxygen atoms in total. The zero-order chi connectivity index (χ0) is 21.8. The number of urea groups is 1. The van der Waals surface area contributed by atoms with Crippen molar-refractivity contribution in [2.24, 2.45) is 0 Å². The Kier molecular flexibility index (Phi) is 6.48. The first kappa shape index (κ1) is 21.6. The van der Waals surface area contributed by atoms with Gasteiger partial charge in [-0.2, -0.15) is 4.31 Å². The van der Waals surface area contributed by atoms with Crippen LogP contribution in [-0.4, -0.2) is 69.0 Å². The van der Waals surface area contributed by atoms with Crippen molar-refractivity contribution < 1.29 is 13.2 Å². The van der Waals surface area contributed by atoms with Gasteiger partial charge in [-0.1, -0.05) is 35.9 Å². The predicted octanol–water partition coefficient (Wildman–Crippen LogP) is 2.68. The largest absolute Gasteiger partial charge is 0.368 e. The van der Waals surface area contributed by atoms with Crippen LogP contribution >= 0.6 is 0 Å². The van der Waals surface area contributed by atoms with E-state index >= 15 is 0 Å². The third kappa shape index (κ3) is 5.02. The molecule has 2 aromatic carbocycles. The third-order valence-electron chi connectivity index (χ3n) is 6.06. The lowest BCUT2D eigenvalue weighted by molar-refractivity contribution is 0.183. The van der Waals surface area contributed by atoms with Gasteiger partial charge in [0.1, 0.15) is 0 Å². The second-order valence-corrected chi connectivity index (χ2v) is 10.2. The summed E-state index contributed by atoms with van der Waals surface area (Å²) < 4.78 is 27.5. The first-order valence-corrected chi connectivity index (χ1v) is 12.3. The number of piperazine rings is 1. The molecule has 0 spiro atoms. The van der Waals surface area contributed by atoms with E-state index in [0.29, 0.717) is 31.1 Å². The van der Waals surface area contributed by atoms with Gasteiger partial charge in [-0.05, 0) is 44.0 Å². The van der Waals surface area contributed by atoms with Gasteiger partial charge in [0.2, 0.25) is 10.0 Å². The van der Waals surface area contributed by atoms with Gasteiger partial charge in [0.05, 0.1) is 4.90 Å². The highest BCUT2D eigenvalue weighted by atomic mass is 32.2. The van der Waals surface area contributed by atoms with E-state index < -0.39 is 10.0 Å². The van der Waals surface area contributed by atoms with Gasteiger partial charge < -0.3 is 15.1 Å². The molecule has 0 aromatic heterocycles. The number of aryl methyl sites for hydroxylation is 1. The molecule has 2 aliphatic rings. The van der Waals surface area contributed by atoms with Crippen LogP contribution in [0, 0.1) is 6.92 Å². The Labute approximate surface area is 184 Å². The highest BCUT2D eigenvalue weighted by Gasteiger charge is 2.32. The van der Waals surface area contributed by atoms with Gasteiger partial charge in [-0.3, -0.25) is 0 Å². The van der Waals surface area contributed by atoms with Crippen LogP contribution in [0.15, 0.2) is 59.5 Å². The van der Waals surface area contributed by atoms with E-state index in [4.69, 9.17) is 0 Å². The van der Waals surface area contributed by atoms with E-state index in [2.05, 4.69) is 22.3 Å². The lowest BCUT2D eigenvalue weighted by Crippen LogP contribution is -2.56. The lowest BCUT2D eigenvalue weighted by Gasteiger charge is -2.38. The monoisotopic (exact) mass is 442 g/mol. The molecular weight excluding hydrogens is 412 g/mol. The molecule has 1 atom stereocenters. The molecule has 2 aliphatic heterocycles. The number of sulfonamides is 1. The molecule has 31 heavy (non-hydrogen) atoms. The highest BCUT2D eigenvalue weighted by molar-refractivity contribution is 7.89. The quantitative estimate of drug-likeness (QED) is 0.790. The van der Waals surface area contributed by atoms with Gasteiger partial charge in [-0.25, -0.2) is 13.2 Å². The predicted molar refractivity (Wildman–Crippen MR) is 122 cm³/mol. The number of anilines is 1. The third-order valence-corrected chi connectivity index (χ3v) is 7.94.